The van der Waals surface area contributed by atoms with Crippen LogP contribution in [0.3, 0.4) is 0 Å². The highest BCUT2D eigenvalue weighted by Gasteiger charge is 2.51. The Balaban J connectivity index is 1.85. The zero-order chi connectivity index (χ0) is 24.4. The second-order valence-corrected chi connectivity index (χ2v) is 10.2. The first-order valence-corrected chi connectivity index (χ1v) is 12.4. The van der Waals surface area contributed by atoms with E-state index < -0.39 is 33.4 Å². The first-order chi connectivity index (χ1) is 15.4. The normalized spacial score (nSPS) is 19.4. The largest absolute Gasteiger partial charge is 0.489 e. The number of nitrogens with one attached hydrogen (secondary N) is 2. The fourth-order valence-corrected chi connectivity index (χ4v) is 5.18. The predicted molar refractivity (Wildman–Crippen MR) is 122 cm³/mol. The molecule has 0 aromatic heterocycles. The van der Waals surface area contributed by atoms with Gasteiger partial charge < -0.3 is 9.64 Å². The highest BCUT2D eigenvalue weighted by Crippen LogP contribution is 2.36. The van der Waals surface area contributed by atoms with Crippen molar-refractivity contribution in [1.29, 1.82) is 0 Å². The highest BCUT2D eigenvalue weighted by molar-refractivity contribution is 7.88. The van der Waals surface area contributed by atoms with Gasteiger partial charge in [0.05, 0.1) is 6.26 Å². The van der Waals surface area contributed by atoms with Crippen LogP contribution in [0.1, 0.15) is 35.6 Å². The maximum absolute atomic E-state index is 13.3. The van der Waals surface area contributed by atoms with Crippen LogP contribution < -0.4 is 14.9 Å². The molecule has 0 spiro atoms. The average molecular weight is 476 g/mol. The fraction of sp³-hybridized carbons (Fsp3) is 0.391. The van der Waals surface area contributed by atoms with Gasteiger partial charge in [0.2, 0.25) is 15.9 Å². The smallest absolute Gasteiger partial charge is 0.265 e. The third kappa shape index (κ3) is 5.52. The molecule has 3 rings (SSSR count). The molecule has 0 radical (unpaired) electrons. The quantitative estimate of drug-likeness (QED) is 0.395. The van der Waals surface area contributed by atoms with Crippen molar-refractivity contribution in [2.24, 2.45) is 0 Å². The number of carbonyl (C=O) groups excluding carboxylic acids is 2. The Bertz CT molecular complexity index is 1130. The Morgan fingerprint density at radius 3 is 2.33 bits per heavy atom. The molecule has 2 amide bonds. The number of hydroxylamine groups is 1. The lowest BCUT2D eigenvalue weighted by Crippen LogP contribution is -2.54. The Morgan fingerprint density at radius 1 is 1.18 bits per heavy atom. The van der Waals surface area contributed by atoms with Gasteiger partial charge in [0.15, 0.2) is 0 Å². The topological polar surface area (TPSA) is 125 Å². The standard InChI is InChI=1S/C23H29N3O6S/c1-15-11-16(2)13-18(12-15)14-32-20-7-5-19(6-8-20)23(25-33(4,30)31)9-10-26(22(23)28)17(3)21(27)24-29/h5-8,11-13,17,25,29H,9-10,14H2,1-4H3,(H,24,27). The van der Waals surface area contributed by atoms with E-state index in [1.54, 1.807) is 24.3 Å². The van der Waals surface area contributed by atoms with Crippen LogP contribution in [-0.4, -0.2) is 49.2 Å². The molecule has 1 saturated heterocycles. The van der Waals surface area contributed by atoms with Crippen molar-refractivity contribution in [2.45, 2.75) is 45.4 Å². The first kappa shape index (κ1) is 24.7. The number of aryl methyl sites for hydroxylation is 2. The summed E-state index contributed by atoms with van der Waals surface area (Å²) in [6.45, 7) is 6.01. The molecule has 1 heterocycles. The molecular weight excluding hydrogens is 446 g/mol. The number of benzene rings is 2. The molecule has 2 aromatic rings. The monoisotopic (exact) mass is 475 g/mol. The van der Waals surface area contributed by atoms with E-state index in [1.165, 1.54) is 17.3 Å². The van der Waals surface area contributed by atoms with Crippen LogP contribution in [0.2, 0.25) is 0 Å². The number of amides is 2. The molecule has 2 aromatic carbocycles. The van der Waals surface area contributed by atoms with Gasteiger partial charge in [-0.25, -0.2) is 13.9 Å². The van der Waals surface area contributed by atoms with Crippen LogP contribution in [0, 0.1) is 13.8 Å². The van der Waals surface area contributed by atoms with Crippen LogP contribution in [0.15, 0.2) is 42.5 Å². The van der Waals surface area contributed by atoms with E-state index in [1.807, 2.05) is 26.0 Å². The van der Waals surface area contributed by atoms with Crippen molar-refractivity contribution in [2.75, 3.05) is 12.8 Å². The van der Waals surface area contributed by atoms with Crippen LogP contribution in [0.5, 0.6) is 5.75 Å². The number of rotatable bonds is 8. The van der Waals surface area contributed by atoms with Crippen molar-refractivity contribution in [3.05, 3.63) is 64.7 Å². The summed E-state index contributed by atoms with van der Waals surface area (Å²) in [6.07, 6.45) is 1.11. The molecule has 2 unspecified atom stereocenters. The van der Waals surface area contributed by atoms with E-state index in [-0.39, 0.29) is 13.0 Å². The zero-order valence-corrected chi connectivity index (χ0v) is 19.9. The molecule has 10 heteroatoms. The molecule has 1 aliphatic rings. The second kappa shape index (κ2) is 9.50. The van der Waals surface area contributed by atoms with E-state index in [2.05, 4.69) is 10.8 Å². The summed E-state index contributed by atoms with van der Waals surface area (Å²) in [5, 5.41) is 8.92. The molecule has 2 atom stereocenters. The van der Waals surface area contributed by atoms with Crippen LogP contribution >= 0.6 is 0 Å². The van der Waals surface area contributed by atoms with E-state index in [0.29, 0.717) is 17.9 Å². The van der Waals surface area contributed by atoms with Crippen molar-refractivity contribution >= 4 is 21.8 Å². The second-order valence-electron chi connectivity index (χ2n) is 8.49. The van der Waals surface area contributed by atoms with Gasteiger partial charge in [0.1, 0.15) is 23.9 Å². The minimum Gasteiger partial charge on any atom is -0.489 e. The van der Waals surface area contributed by atoms with Crippen LogP contribution in [-0.2, 0) is 31.8 Å². The molecule has 0 saturated carbocycles. The van der Waals surface area contributed by atoms with Crippen molar-refractivity contribution < 1.29 is 28.0 Å². The summed E-state index contributed by atoms with van der Waals surface area (Å²) in [4.78, 5) is 26.4. The zero-order valence-electron chi connectivity index (χ0n) is 19.1. The number of hydrogen-bond donors (Lipinski definition) is 3. The van der Waals surface area contributed by atoms with E-state index in [0.717, 1.165) is 22.9 Å². The average Bonchev–Trinajstić information content (AvgIpc) is 3.06. The van der Waals surface area contributed by atoms with Gasteiger partial charge in [-0.15, -0.1) is 0 Å². The van der Waals surface area contributed by atoms with Crippen molar-refractivity contribution in [1.82, 2.24) is 15.1 Å². The molecular formula is C23H29N3O6S. The molecule has 33 heavy (non-hydrogen) atoms. The molecule has 178 valence electrons. The summed E-state index contributed by atoms with van der Waals surface area (Å²) in [6, 6.07) is 11.9. The van der Waals surface area contributed by atoms with E-state index >= 15 is 0 Å². The molecule has 0 aliphatic carbocycles. The minimum atomic E-state index is -3.77. The maximum atomic E-state index is 13.3. The number of hydrogen-bond acceptors (Lipinski definition) is 6. The fourth-order valence-electron chi connectivity index (χ4n) is 4.24. The Morgan fingerprint density at radius 2 is 1.79 bits per heavy atom. The van der Waals surface area contributed by atoms with Gasteiger partial charge >= 0.3 is 0 Å². The number of ether oxygens (including phenoxy) is 1. The Labute approximate surface area is 193 Å². The molecule has 3 N–H and O–H groups in total. The lowest BCUT2D eigenvalue weighted by molar-refractivity contribution is -0.143. The van der Waals surface area contributed by atoms with Gasteiger partial charge in [0.25, 0.3) is 5.91 Å². The minimum absolute atomic E-state index is 0.130. The number of likely N-dealkylation sites (tertiary alicyclic amines) is 1. The van der Waals surface area contributed by atoms with Gasteiger partial charge in [-0.1, -0.05) is 41.5 Å². The van der Waals surface area contributed by atoms with Crippen LogP contribution in [0.25, 0.3) is 0 Å². The summed E-state index contributed by atoms with van der Waals surface area (Å²) in [7, 11) is -3.77. The van der Waals surface area contributed by atoms with Crippen molar-refractivity contribution in [3.63, 3.8) is 0 Å². The first-order valence-electron chi connectivity index (χ1n) is 10.5. The van der Waals surface area contributed by atoms with Crippen LogP contribution in [0.4, 0.5) is 0 Å². The maximum Gasteiger partial charge on any atom is 0.265 e. The lowest BCUT2D eigenvalue weighted by Gasteiger charge is -2.30. The number of carbonyl (C=O) groups is 2. The SMILES string of the molecule is Cc1cc(C)cc(COc2ccc(C3(NS(C)(=O)=O)CCN(C(C)C(=O)NO)C3=O)cc2)c1. The lowest BCUT2D eigenvalue weighted by atomic mass is 9.89. The van der Waals surface area contributed by atoms with Gasteiger partial charge in [0, 0.05) is 6.54 Å². The third-order valence-electron chi connectivity index (χ3n) is 5.70. The highest BCUT2D eigenvalue weighted by atomic mass is 32.2. The van der Waals surface area contributed by atoms with Gasteiger partial charge in [-0.05, 0) is 50.5 Å². The summed E-state index contributed by atoms with van der Waals surface area (Å²) in [5.41, 5.74) is 3.74. The number of nitrogens with zero attached hydrogens (tertiary/aromatic N) is 1. The van der Waals surface area contributed by atoms with Gasteiger partial charge in [-0.3, -0.25) is 14.8 Å². The Kier molecular flexibility index (Phi) is 7.11. The number of sulfonamides is 1. The third-order valence-corrected chi connectivity index (χ3v) is 6.42. The van der Waals surface area contributed by atoms with E-state index in [9.17, 15) is 18.0 Å². The predicted octanol–water partition coefficient (Wildman–Crippen LogP) is 1.75. The molecule has 1 aliphatic heterocycles. The Hall–Kier alpha value is -2.95. The summed E-state index contributed by atoms with van der Waals surface area (Å²) in [5.74, 6) is -0.746. The molecule has 9 nitrogen and oxygen atoms in total. The van der Waals surface area contributed by atoms with Gasteiger partial charge in [-0.2, -0.15) is 4.72 Å². The summed E-state index contributed by atoms with van der Waals surface area (Å²) < 4.78 is 32.6. The van der Waals surface area contributed by atoms with Crippen molar-refractivity contribution in [3.8, 4) is 5.75 Å². The summed E-state index contributed by atoms with van der Waals surface area (Å²) >= 11 is 0. The molecule has 0 bridgehead atoms. The molecule has 1 fully saturated rings. The van der Waals surface area contributed by atoms with E-state index in [4.69, 9.17) is 9.94 Å².